The molecule has 8 rings (SSSR count). The van der Waals surface area contributed by atoms with Gasteiger partial charge in [0.2, 0.25) is 5.91 Å². The van der Waals surface area contributed by atoms with Crippen LogP contribution in [0.2, 0.25) is 0 Å². The van der Waals surface area contributed by atoms with Gasteiger partial charge in [0.25, 0.3) is 0 Å². The van der Waals surface area contributed by atoms with Crippen LogP contribution in [0.4, 0.5) is 0 Å². The number of carbonyl (C=O) groups is 2. The van der Waals surface area contributed by atoms with Crippen LogP contribution in [-0.2, 0) is 38.0 Å². The molecule has 11 N–H and O–H groups in total. The number of aliphatic carboxylic acids is 1. The topological polar surface area (TPSA) is 304 Å². The summed E-state index contributed by atoms with van der Waals surface area (Å²) in [6.45, 7) is 15.2. The summed E-state index contributed by atoms with van der Waals surface area (Å²) in [6, 6.07) is -1.33. The molecule has 394 valence electrons. The summed E-state index contributed by atoms with van der Waals surface area (Å²) in [5.41, 5.74) is -0.260. The predicted octanol–water partition coefficient (Wildman–Crippen LogP) is 0.850. The third kappa shape index (κ3) is 8.65. The monoisotopic (exact) mass is 984 g/mol. The molecule has 0 bridgehead atoms. The van der Waals surface area contributed by atoms with E-state index in [4.69, 9.17) is 28.4 Å². The maximum atomic E-state index is 13.2. The van der Waals surface area contributed by atoms with Crippen molar-refractivity contribution in [2.45, 2.75) is 218 Å². The molecule has 0 aromatic rings. The van der Waals surface area contributed by atoms with Crippen LogP contribution in [0.25, 0.3) is 0 Å². The van der Waals surface area contributed by atoms with Crippen molar-refractivity contribution in [3.63, 3.8) is 0 Å². The van der Waals surface area contributed by atoms with E-state index in [1.807, 2.05) is 0 Å². The van der Waals surface area contributed by atoms with Crippen molar-refractivity contribution >= 4 is 11.9 Å². The van der Waals surface area contributed by atoms with Gasteiger partial charge in [0.1, 0.15) is 73.2 Å². The summed E-state index contributed by atoms with van der Waals surface area (Å²) in [5, 5.41) is 109. The highest BCUT2D eigenvalue weighted by molar-refractivity contribution is 5.76. The minimum absolute atomic E-state index is 0.00750. The Hall–Kier alpha value is -1.92. The van der Waals surface area contributed by atoms with Gasteiger partial charge in [0, 0.05) is 6.92 Å². The molecule has 23 atom stereocenters. The van der Waals surface area contributed by atoms with E-state index in [1.54, 1.807) is 0 Å². The molecule has 3 heterocycles. The van der Waals surface area contributed by atoms with Crippen LogP contribution in [0.3, 0.4) is 0 Å². The summed E-state index contributed by atoms with van der Waals surface area (Å²) in [5.74, 6) is -0.804. The van der Waals surface area contributed by atoms with Gasteiger partial charge < -0.3 is 84.8 Å². The number of carboxylic acids is 1. The smallest absolute Gasteiger partial charge is 0.310 e. The highest BCUT2D eigenvalue weighted by atomic mass is 16.8. The maximum absolute atomic E-state index is 13.2. The molecular weight excluding hydrogens is 903 g/mol. The van der Waals surface area contributed by atoms with Gasteiger partial charge in [-0.3, -0.25) is 9.59 Å². The first-order valence-electron chi connectivity index (χ1n) is 25.3. The fourth-order valence-electron chi connectivity index (χ4n) is 15.6. The largest absolute Gasteiger partial charge is 0.481 e. The van der Waals surface area contributed by atoms with Crippen LogP contribution >= 0.6 is 0 Å². The molecule has 0 aromatic heterocycles. The molecule has 5 aliphatic carbocycles. The third-order valence-corrected chi connectivity index (χ3v) is 19.8. The molecule has 69 heavy (non-hydrogen) atoms. The van der Waals surface area contributed by atoms with Gasteiger partial charge in [-0.25, -0.2) is 0 Å². The first kappa shape index (κ1) is 53.4. The number of ether oxygens (including phenoxy) is 6. The van der Waals surface area contributed by atoms with Gasteiger partial charge >= 0.3 is 5.97 Å². The number of aliphatic hydroxyl groups is 9. The summed E-state index contributed by atoms with van der Waals surface area (Å²) >= 11 is 0. The maximum Gasteiger partial charge on any atom is 0.310 e. The van der Waals surface area contributed by atoms with E-state index in [-0.39, 0.29) is 33.5 Å². The summed E-state index contributed by atoms with van der Waals surface area (Å²) in [6.07, 6.45) is -13.2. The standard InChI is InChI=1S/C50H81NO18/c1-23(55)51-32-40(69-43-38(61)36(59)34(57)27(21-53)65-43)39(68-42-37(60)35(58)33(56)26(20-52)64-42)28(22-54)66-41(32)67-31-12-13-47(6)29(46(31,4)5)11-14-49(8)30(47)10-9-24-25-19-45(2,3)15-17-50(25,44(62)63)18-16-48(24,49)7/h9,25-43,52-54,56-61H,10-22H2,1-8H3,(H,51,55)(H,62,63)/t25-,26+,27+,28+,29-,30+,31-,32+,33+,34-,35-,36-,37+,38+,39+,40+,41-,42-,43-,47-,48+,49+,50-/m0/s1. The summed E-state index contributed by atoms with van der Waals surface area (Å²) < 4.78 is 37.6. The molecule has 0 radical (unpaired) electrons. The number of aliphatic hydroxyl groups excluding tert-OH is 9. The number of carboxylic acid groups (broad SMARTS) is 1. The molecule has 19 nitrogen and oxygen atoms in total. The molecule has 19 heteroatoms. The predicted molar refractivity (Wildman–Crippen MR) is 242 cm³/mol. The lowest BCUT2D eigenvalue weighted by Gasteiger charge is -2.71. The SMILES string of the molecule is CC(=O)N[C@H]1[C@H](O[C@H]2CC[C@]3(C)[C@H]4CC=C5[C@@H]6CC(C)(C)CC[C@]6(C(=O)O)CC[C@@]5(C)[C@]4(C)CC[C@H]3C2(C)C)O[C@H](CO)[C@@H](O[C@@H]2O[C@H](CO)[C@@H](O)[C@H](O)[C@H]2O)[C@@H]1O[C@@H]1O[C@H](CO)[C@H](O)[C@H](O)[C@H]1O. The van der Waals surface area contributed by atoms with Crippen molar-refractivity contribution in [2.75, 3.05) is 19.8 Å². The molecule has 4 saturated carbocycles. The summed E-state index contributed by atoms with van der Waals surface area (Å²) in [4.78, 5) is 26.4. The Kier molecular flexibility index (Phi) is 14.8. The second-order valence-corrected chi connectivity index (χ2v) is 24.2. The lowest BCUT2D eigenvalue weighted by Crippen LogP contribution is -2.70. The van der Waals surface area contributed by atoms with E-state index < -0.39 is 141 Å². The Labute approximate surface area is 404 Å². The van der Waals surface area contributed by atoms with Crippen LogP contribution in [0.15, 0.2) is 11.6 Å². The zero-order chi connectivity index (χ0) is 50.6. The zero-order valence-corrected chi connectivity index (χ0v) is 41.5. The molecule has 3 saturated heterocycles. The van der Waals surface area contributed by atoms with Crippen molar-refractivity contribution in [3.8, 4) is 0 Å². The van der Waals surface area contributed by atoms with Crippen molar-refractivity contribution < 1.29 is 89.1 Å². The molecule has 7 fully saturated rings. The Balaban J connectivity index is 1.10. The fourth-order valence-corrected chi connectivity index (χ4v) is 15.6. The van der Waals surface area contributed by atoms with Gasteiger partial charge in [-0.15, -0.1) is 0 Å². The van der Waals surface area contributed by atoms with Gasteiger partial charge in [-0.2, -0.15) is 0 Å². The van der Waals surface area contributed by atoms with Gasteiger partial charge in [0.05, 0.1) is 31.3 Å². The third-order valence-electron chi connectivity index (χ3n) is 19.8. The molecule has 8 aliphatic rings. The number of allylic oxidation sites excluding steroid dienone is 2. The average molecular weight is 984 g/mol. The molecule has 0 unspecified atom stereocenters. The van der Waals surface area contributed by atoms with Gasteiger partial charge in [-0.1, -0.05) is 60.1 Å². The Morgan fingerprint density at radius 1 is 0.652 bits per heavy atom. The molecular formula is C50H81NO18. The van der Waals surface area contributed by atoms with Crippen LogP contribution in [0.1, 0.15) is 120 Å². The van der Waals surface area contributed by atoms with Gasteiger partial charge in [-0.05, 0) is 109 Å². The van der Waals surface area contributed by atoms with E-state index >= 15 is 0 Å². The Morgan fingerprint density at radius 3 is 1.75 bits per heavy atom. The van der Waals surface area contributed by atoms with Crippen LogP contribution in [0, 0.1) is 50.2 Å². The second kappa shape index (κ2) is 19.1. The first-order chi connectivity index (χ1) is 32.2. The highest BCUT2D eigenvalue weighted by Crippen LogP contribution is 2.76. The number of hydrogen-bond acceptors (Lipinski definition) is 17. The highest BCUT2D eigenvalue weighted by Gasteiger charge is 2.70. The van der Waals surface area contributed by atoms with E-state index in [9.17, 15) is 60.7 Å². The van der Waals surface area contributed by atoms with Gasteiger partial charge in [0.15, 0.2) is 18.9 Å². The molecule has 0 spiro atoms. The van der Waals surface area contributed by atoms with Crippen molar-refractivity contribution in [1.29, 1.82) is 0 Å². The quantitative estimate of drug-likeness (QED) is 0.101. The number of hydrogen-bond donors (Lipinski definition) is 11. The second-order valence-electron chi connectivity index (χ2n) is 24.2. The number of nitrogens with one attached hydrogen (secondary N) is 1. The first-order valence-corrected chi connectivity index (χ1v) is 25.3. The van der Waals surface area contributed by atoms with Crippen molar-refractivity contribution in [3.05, 3.63) is 11.6 Å². The summed E-state index contributed by atoms with van der Waals surface area (Å²) in [7, 11) is 0. The molecule has 1 amide bonds. The van der Waals surface area contributed by atoms with E-state index in [1.165, 1.54) is 12.5 Å². The van der Waals surface area contributed by atoms with Crippen LogP contribution < -0.4 is 5.32 Å². The Morgan fingerprint density at radius 2 is 1.20 bits per heavy atom. The minimum Gasteiger partial charge on any atom is -0.481 e. The van der Waals surface area contributed by atoms with Crippen molar-refractivity contribution in [2.24, 2.45) is 50.2 Å². The number of carbonyl (C=O) groups excluding carboxylic acids is 1. The number of amides is 1. The van der Waals surface area contributed by atoms with Crippen molar-refractivity contribution in [1.82, 2.24) is 5.32 Å². The fraction of sp³-hybridized carbons (Fsp3) is 0.920. The van der Waals surface area contributed by atoms with Crippen LogP contribution in [-0.4, -0.2) is 181 Å². The zero-order valence-electron chi connectivity index (χ0n) is 41.5. The molecule has 0 aromatic carbocycles. The lowest BCUT2D eigenvalue weighted by molar-refractivity contribution is -0.380. The average Bonchev–Trinajstić information content (AvgIpc) is 3.28. The van der Waals surface area contributed by atoms with E-state index in [2.05, 4.69) is 59.9 Å². The van der Waals surface area contributed by atoms with E-state index in [0.29, 0.717) is 25.2 Å². The number of fused-ring (bicyclic) bond motifs is 7. The van der Waals surface area contributed by atoms with Crippen LogP contribution in [0.5, 0.6) is 0 Å². The Bertz CT molecular complexity index is 1910. The van der Waals surface area contributed by atoms with E-state index in [0.717, 1.165) is 44.9 Å². The minimum atomic E-state index is -1.91. The number of rotatable bonds is 11. The molecule has 3 aliphatic heterocycles. The normalized spacial score (nSPS) is 51.4. The lowest BCUT2D eigenvalue weighted by atomic mass is 9.33.